The van der Waals surface area contributed by atoms with Gasteiger partial charge >= 0.3 is 12.0 Å². The lowest BCUT2D eigenvalue weighted by atomic mass is 9.86. The zero-order valence-corrected chi connectivity index (χ0v) is 20.8. The zero-order valence-electron chi connectivity index (χ0n) is 20.8. The Morgan fingerprint density at radius 1 is 1.15 bits per heavy atom. The number of rotatable bonds is 5. The number of benzene rings is 1. The standard InChI is InChI=1S/C27H36N4O3/c1-5-30(27(33)34)25-15-19(2)31(4,20(3)32)26-12-10-21(16-24(25)26)22-9-11-23(28-17-22)18-29-13-7-6-8-14-29/h9-12,16-17,19,25H,5-8,13-15,18H2,1-4H3/p+1/t19-,25?,31+/m0/s1. The van der Waals surface area contributed by atoms with Crippen LogP contribution in [0.5, 0.6) is 0 Å². The van der Waals surface area contributed by atoms with Gasteiger partial charge in [-0.3, -0.25) is 9.88 Å². The molecular weight excluding hydrogens is 428 g/mol. The second-order valence-corrected chi connectivity index (χ2v) is 9.91. The summed E-state index contributed by atoms with van der Waals surface area (Å²) in [7, 11) is 1.94. The van der Waals surface area contributed by atoms with Crippen molar-refractivity contribution < 1.29 is 14.7 Å². The molecule has 7 nitrogen and oxygen atoms in total. The predicted octanol–water partition coefficient (Wildman–Crippen LogP) is 5.05. The lowest BCUT2D eigenvalue weighted by Gasteiger charge is -2.45. The summed E-state index contributed by atoms with van der Waals surface area (Å²) in [5, 5.41) is 9.87. The third-order valence-electron chi connectivity index (χ3n) is 7.94. The van der Waals surface area contributed by atoms with Crippen LogP contribution in [-0.2, 0) is 11.3 Å². The summed E-state index contributed by atoms with van der Waals surface area (Å²) < 4.78 is 0.177. The first-order chi connectivity index (χ1) is 16.3. The van der Waals surface area contributed by atoms with Gasteiger partial charge in [0.05, 0.1) is 31.7 Å². The Bertz CT molecular complexity index is 1050. The quantitative estimate of drug-likeness (QED) is 0.626. The van der Waals surface area contributed by atoms with Crippen molar-refractivity contribution >= 4 is 17.7 Å². The number of carboxylic acid groups (broad SMARTS) is 1. The van der Waals surface area contributed by atoms with Crippen LogP contribution in [0, 0.1) is 0 Å². The van der Waals surface area contributed by atoms with Gasteiger partial charge in [0.25, 0.3) is 0 Å². The Hall–Kier alpha value is -2.77. The molecule has 34 heavy (non-hydrogen) atoms. The maximum atomic E-state index is 12.8. The molecule has 0 spiro atoms. The number of fused-ring (bicyclic) bond motifs is 1. The molecule has 0 radical (unpaired) electrons. The maximum absolute atomic E-state index is 12.8. The normalized spacial score (nSPS) is 24.9. The van der Waals surface area contributed by atoms with Gasteiger partial charge in [-0.15, -0.1) is 0 Å². The number of pyridine rings is 1. The van der Waals surface area contributed by atoms with E-state index in [1.807, 2.05) is 39.2 Å². The average molecular weight is 466 g/mol. The van der Waals surface area contributed by atoms with E-state index in [0.717, 1.165) is 47.7 Å². The second-order valence-electron chi connectivity index (χ2n) is 9.91. The van der Waals surface area contributed by atoms with E-state index in [9.17, 15) is 14.7 Å². The van der Waals surface area contributed by atoms with Crippen molar-refractivity contribution in [3.8, 4) is 11.1 Å². The second kappa shape index (κ2) is 9.84. The molecule has 1 saturated heterocycles. The van der Waals surface area contributed by atoms with Crippen LogP contribution in [0.4, 0.5) is 10.5 Å². The van der Waals surface area contributed by atoms with Crippen LogP contribution in [0.25, 0.3) is 11.1 Å². The summed E-state index contributed by atoms with van der Waals surface area (Å²) in [6.45, 7) is 9.06. The fraction of sp³-hybridized carbons (Fsp3) is 0.519. The molecule has 2 aliphatic rings. The van der Waals surface area contributed by atoms with Crippen molar-refractivity contribution in [2.75, 3.05) is 26.7 Å². The van der Waals surface area contributed by atoms with E-state index >= 15 is 0 Å². The Morgan fingerprint density at radius 2 is 1.85 bits per heavy atom. The predicted molar refractivity (Wildman–Crippen MR) is 134 cm³/mol. The van der Waals surface area contributed by atoms with Crippen LogP contribution < -0.4 is 4.48 Å². The van der Waals surface area contributed by atoms with Crippen molar-refractivity contribution in [3.63, 3.8) is 0 Å². The highest BCUT2D eigenvalue weighted by atomic mass is 16.4. The highest BCUT2D eigenvalue weighted by Gasteiger charge is 2.47. The number of nitrogens with zero attached hydrogens (tertiary/aromatic N) is 4. The van der Waals surface area contributed by atoms with Gasteiger partial charge in [0.1, 0.15) is 5.69 Å². The van der Waals surface area contributed by atoms with Gasteiger partial charge < -0.3 is 10.0 Å². The summed E-state index contributed by atoms with van der Waals surface area (Å²) >= 11 is 0. The van der Waals surface area contributed by atoms with Crippen molar-refractivity contribution in [1.29, 1.82) is 0 Å². The third-order valence-corrected chi connectivity index (χ3v) is 7.94. The largest absolute Gasteiger partial charge is 0.465 e. The molecule has 1 unspecified atom stereocenters. The summed E-state index contributed by atoms with van der Waals surface area (Å²) in [5.41, 5.74) is 4.85. The molecule has 1 aromatic carbocycles. The molecule has 1 fully saturated rings. The topological polar surface area (TPSA) is 73.7 Å². The highest BCUT2D eigenvalue weighted by Crippen LogP contribution is 2.45. The fourth-order valence-corrected chi connectivity index (χ4v) is 5.62. The smallest absolute Gasteiger partial charge is 0.407 e. The molecule has 7 heteroatoms. The van der Waals surface area contributed by atoms with E-state index in [4.69, 9.17) is 4.98 Å². The van der Waals surface area contributed by atoms with E-state index < -0.39 is 6.09 Å². The lowest BCUT2D eigenvalue weighted by molar-refractivity contribution is -0.129. The first kappa shape index (κ1) is 24.4. The minimum Gasteiger partial charge on any atom is -0.465 e. The first-order valence-corrected chi connectivity index (χ1v) is 12.4. The molecule has 1 aromatic heterocycles. The monoisotopic (exact) mass is 465 g/mol. The molecule has 4 rings (SSSR count). The Morgan fingerprint density at radius 3 is 2.44 bits per heavy atom. The maximum Gasteiger partial charge on any atom is 0.407 e. The van der Waals surface area contributed by atoms with Gasteiger partial charge in [0.15, 0.2) is 0 Å². The van der Waals surface area contributed by atoms with E-state index in [-0.39, 0.29) is 22.5 Å². The van der Waals surface area contributed by atoms with Crippen LogP contribution in [0.3, 0.4) is 0 Å². The van der Waals surface area contributed by atoms with E-state index in [1.54, 1.807) is 6.92 Å². The van der Waals surface area contributed by atoms with E-state index in [1.165, 1.54) is 24.2 Å². The molecule has 3 heterocycles. The number of carbonyl (C=O) groups is 2. The molecule has 182 valence electrons. The summed E-state index contributed by atoms with van der Waals surface area (Å²) in [4.78, 5) is 33.5. The van der Waals surface area contributed by atoms with E-state index in [2.05, 4.69) is 23.1 Å². The summed E-state index contributed by atoms with van der Waals surface area (Å²) in [6, 6.07) is 9.99. The number of aromatic nitrogens is 1. The fourth-order valence-electron chi connectivity index (χ4n) is 5.62. The number of quaternary nitrogens is 1. The molecule has 1 N–H and O–H groups in total. The van der Waals surface area contributed by atoms with Gasteiger partial charge in [0.2, 0.25) is 0 Å². The van der Waals surface area contributed by atoms with Gasteiger partial charge in [-0.05, 0) is 63.5 Å². The SMILES string of the molecule is CCN(C(=O)O)C1C[C@H](C)[N@+](C)(C(C)=O)c2ccc(-c3ccc(CN4CCCCC4)nc3)cc21. The molecule has 3 atom stereocenters. The van der Waals surface area contributed by atoms with Crippen LogP contribution >= 0.6 is 0 Å². The van der Waals surface area contributed by atoms with Gasteiger partial charge in [-0.25, -0.2) is 14.1 Å². The third kappa shape index (κ3) is 4.46. The van der Waals surface area contributed by atoms with Crippen molar-refractivity contribution in [2.24, 2.45) is 0 Å². The van der Waals surface area contributed by atoms with Crippen molar-refractivity contribution in [3.05, 3.63) is 47.8 Å². The first-order valence-electron chi connectivity index (χ1n) is 12.4. The molecule has 0 bridgehead atoms. The van der Waals surface area contributed by atoms with Crippen molar-refractivity contribution in [1.82, 2.24) is 19.3 Å². The van der Waals surface area contributed by atoms with Gasteiger partial charge in [-0.2, -0.15) is 0 Å². The molecule has 2 amide bonds. The number of hydrogen-bond donors (Lipinski definition) is 1. The highest BCUT2D eigenvalue weighted by molar-refractivity contribution is 5.89. The molecule has 2 aliphatic heterocycles. The molecule has 0 saturated carbocycles. The van der Waals surface area contributed by atoms with Crippen LogP contribution in [0.15, 0.2) is 36.5 Å². The molecule has 0 aliphatic carbocycles. The van der Waals surface area contributed by atoms with E-state index in [0.29, 0.717) is 13.0 Å². The minimum absolute atomic E-state index is 0.0232. The summed E-state index contributed by atoms with van der Waals surface area (Å²) in [5.74, 6) is 0.0575. The zero-order chi connectivity index (χ0) is 24.5. The van der Waals surface area contributed by atoms with Crippen LogP contribution in [-0.4, -0.2) is 64.6 Å². The number of likely N-dealkylation sites (tertiary alicyclic amines) is 1. The van der Waals surface area contributed by atoms with Crippen LogP contribution in [0.2, 0.25) is 0 Å². The number of carbonyl (C=O) groups excluding carboxylic acids is 1. The van der Waals surface area contributed by atoms with Gasteiger partial charge in [-0.1, -0.05) is 12.5 Å². The summed E-state index contributed by atoms with van der Waals surface area (Å²) in [6.07, 6.45) is 5.42. The Balaban J connectivity index is 1.69. The van der Waals surface area contributed by atoms with Gasteiger partial charge in [0, 0.05) is 42.9 Å². The molecule has 2 aromatic rings. The Kier molecular flexibility index (Phi) is 7.05. The van der Waals surface area contributed by atoms with Crippen molar-refractivity contribution in [2.45, 2.75) is 65.1 Å². The lowest BCUT2D eigenvalue weighted by Crippen LogP contribution is -2.60. The number of piperidine rings is 1. The molecular formula is C27H37N4O3+. The number of amides is 2. The van der Waals surface area contributed by atoms with Crippen LogP contribution in [0.1, 0.15) is 63.8 Å². The Labute approximate surface area is 202 Å². The minimum atomic E-state index is -0.932. The average Bonchev–Trinajstić information content (AvgIpc) is 2.83. The number of hydrogen-bond acceptors (Lipinski definition) is 4.